The number of hydrogen-bond donors (Lipinski definition) is 1. The first kappa shape index (κ1) is 34.0. The number of piperidine rings is 1. The lowest BCUT2D eigenvalue weighted by Crippen LogP contribution is -2.45. The summed E-state index contributed by atoms with van der Waals surface area (Å²) in [6.45, 7) is 13.5. The highest BCUT2D eigenvalue weighted by Crippen LogP contribution is 2.38. The minimum atomic E-state index is -4.71. The maximum Gasteiger partial charge on any atom is 0.573 e. The van der Waals surface area contributed by atoms with Crippen LogP contribution in [0.4, 0.5) is 13.2 Å². The monoisotopic (exact) mass is 640 g/mol. The predicted octanol–water partition coefficient (Wildman–Crippen LogP) is 7.10. The molecule has 1 N–H and O–H groups in total. The van der Waals surface area contributed by atoms with Gasteiger partial charge in [-0.1, -0.05) is 62.2 Å². The third kappa shape index (κ3) is 8.31. The summed E-state index contributed by atoms with van der Waals surface area (Å²) in [6.07, 6.45) is -1.30. The van der Waals surface area contributed by atoms with Crippen molar-refractivity contribution in [1.82, 2.24) is 19.6 Å². The van der Waals surface area contributed by atoms with Gasteiger partial charge in [0.05, 0.1) is 5.69 Å². The number of carbonyl (C=O) groups is 1. The van der Waals surface area contributed by atoms with Crippen LogP contribution in [0.25, 0.3) is 0 Å². The van der Waals surface area contributed by atoms with E-state index in [0.29, 0.717) is 24.2 Å². The number of benzene rings is 2. The van der Waals surface area contributed by atoms with Crippen LogP contribution in [0.15, 0.2) is 54.6 Å². The van der Waals surface area contributed by atoms with Crippen molar-refractivity contribution in [3.8, 4) is 5.75 Å². The number of ether oxygens (including phenoxy) is 1. The lowest BCUT2D eigenvalue weighted by Gasteiger charge is -2.35. The van der Waals surface area contributed by atoms with Crippen molar-refractivity contribution >= 4 is 5.97 Å². The van der Waals surface area contributed by atoms with E-state index in [-0.39, 0.29) is 11.7 Å². The molecule has 1 aromatic heterocycles. The Balaban J connectivity index is 1.23. The fourth-order valence-electron chi connectivity index (χ4n) is 7.49. The van der Waals surface area contributed by atoms with E-state index in [1.54, 1.807) is 12.1 Å². The van der Waals surface area contributed by atoms with Crippen molar-refractivity contribution in [1.29, 1.82) is 0 Å². The summed E-state index contributed by atoms with van der Waals surface area (Å²) in [5.74, 6) is 0.163. The van der Waals surface area contributed by atoms with Crippen LogP contribution >= 0.6 is 0 Å². The minimum absolute atomic E-state index is 0.0845. The van der Waals surface area contributed by atoms with Crippen LogP contribution in [-0.4, -0.2) is 75.8 Å². The molecular formula is C36H47F3N4O3. The second-order valence-corrected chi connectivity index (χ2v) is 13.2. The smallest absolute Gasteiger partial charge is 0.480 e. The van der Waals surface area contributed by atoms with Crippen LogP contribution in [0.3, 0.4) is 0 Å². The molecule has 2 aliphatic rings. The van der Waals surface area contributed by atoms with Crippen molar-refractivity contribution in [2.75, 3.05) is 32.7 Å². The first-order valence-corrected chi connectivity index (χ1v) is 16.6. The summed E-state index contributed by atoms with van der Waals surface area (Å²) in [6, 6.07) is 16.4. The van der Waals surface area contributed by atoms with E-state index in [2.05, 4.69) is 70.3 Å². The quantitative estimate of drug-likeness (QED) is 0.228. The van der Waals surface area contributed by atoms with Crippen LogP contribution in [0, 0.1) is 18.8 Å². The average molecular weight is 641 g/mol. The molecule has 2 aliphatic heterocycles. The van der Waals surface area contributed by atoms with Gasteiger partial charge in [-0.15, -0.1) is 13.2 Å². The van der Waals surface area contributed by atoms with E-state index in [4.69, 9.17) is 5.10 Å². The number of nitrogens with zero attached hydrogens (tertiary/aromatic N) is 4. The topological polar surface area (TPSA) is 70.8 Å². The van der Waals surface area contributed by atoms with Gasteiger partial charge in [0.1, 0.15) is 11.8 Å². The summed E-state index contributed by atoms with van der Waals surface area (Å²) in [5, 5.41) is 15.0. The number of aliphatic carboxylic acids is 1. The van der Waals surface area contributed by atoms with E-state index >= 15 is 0 Å². The van der Waals surface area contributed by atoms with Gasteiger partial charge < -0.3 is 14.7 Å². The molecule has 2 saturated heterocycles. The Morgan fingerprint density at radius 2 is 1.78 bits per heavy atom. The molecule has 4 atom stereocenters. The first-order chi connectivity index (χ1) is 21.9. The molecule has 10 heteroatoms. The number of carboxylic acid groups (broad SMARTS) is 1. The predicted molar refractivity (Wildman–Crippen MR) is 172 cm³/mol. The largest absolute Gasteiger partial charge is 0.573 e. The number of hydrogen-bond acceptors (Lipinski definition) is 5. The van der Waals surface area contributed by atoms with Gasteiger partial charge in [-0.2, -0.15) is 5.10 Å². The van der Waals surface area contributed by atoms with E-state index in [9.17, 15) is 23.1 Å². The summed E-state index contributed by atoms with van der Waals surface area (Å²) < 4.78 is 43.7. The molecule has 0 amide bonds. The maximum absolute atomic E-state index is 12.5. The highest BCUT2D eigenvalue weighted by atomic mass is 19.4. The van der Waals surface area contributed by atoms with Gasteiger partial charge in [0.15, 0.2) is 0 Å². The zero-order chi connectivity index (χ0) is 33.0. The Hall–Kier alpha value is -3.37. The Bertz CT molecular complexity index is 1450. The zero-order valence-corrected chi connectivity index (χ0v) is 27.3. The molecular weight excluding hydrogens is 593 g/mol. The van der Waals surface area contributed by atoms with Gasteiger partial charge >= 0.3 is 12.3 Å². The molecule has 0 unspecified atom stereocenters. The van der Waals surface area contributed by atoms with Crippen molar-refractivity contribution < 1.29 is 27.8 Å². The number of alkyl halides is 3. The molecule has 0 aliphatic carbocycles. The lowest BCUT2D eigenvalue weighted by atomic mass is 9.86. The second-order valence-electron chi connectivity index (χ2n) is 13.2. The first-order valence-electron chi connectivity index (χ1n) is 16.6. The third-order valence-electron chi connectivity index (χ3n) is 9.97. The number of aryl methyl sites for hydroxylation is 2. The van der Waals surface area contributed by atoms with Crippen LogP contribution in [0.5, 0.6) is 5.75 Å². The standard InChI is InChI=1S/C36H47F3N4O3/c1-5-25(4)34(35(44)45)42-22-29(32(23-42)28-9-7-8-24(3)18-28)21-41-16-14-27(15-17-41)33-20-30(40-43(33)6-2)19-26-10-12-31(13-11-26)46-36(37,38)39/h7-13,18,20,25,27,29,32,34H,5-6,14-17,19,21-23H2,1-4H3,(H,44,45)/t25-,29-,32+,34+/m0/s1. The van der Waals surface area contributed by atoms with Crippen LogP contribution in [-0.2, 0) is 17.8 Å². The Labute approximate surface area is 270 Å². The molecule has 3 aromatic rings. The molecule has 3 heterocycles. The van der Waals surface area contributed by atoms with E-state index in [0.717, 1.165) is 69.8 Å². The van der Waals surface area contributed by atoms with E-state index < -0.39 is 18.4 Å². The van der Waals surface area contributed by atoms with E-state index in [1.807, 2.05) is 6.92 Å². The number of carboxylic acids is 1. The molecule has 0 bridgehead atoms. The highest BCUT2D eigenvalue weighted by molar-refractivity contribution is 5.74. The van der Waals surface area contributed by atoms with Gasteiger partial charge in [-0.25, -0.2) is 0 Å². The molecule has 2 fully saturated rings. The molecule has 5 rings (SSSR count). The Morgan fingerprint density at radius 1 is 1.07 bits per heavy atom. The molecule has 0 saturated carbocycles. The second kappa shape index (κ2) is 14.6. The van der Waals surface area contributed by atoms with Crippen molar-refractivity contribution in [2.24, 2.45) is 11.8 Å². The summed E-state index contributed by atoms with van der Waals surface area (Å²) in [7, 11) is 0. The van der Waals surface area contributed by atoms with Gasteiger partial charge in [-0.3, -0.25) is 14.4 Å². The number of aromatic nitrogens is 2. The molecule has 46 heavy (non-hydrogen) atoms. The maximum atomic E-state index is 12.5. The SMILES string of the molecule is CC[C@H](C)[C@H](C(=O)O)N1C[C@H](CN2CCC(c3cc(Cc4ccc(OC(F)(F)F)cc4)nn3CC)CC2)[C@@H](c2cccc(C)c2)C1. The third-order valence-corrected chi connectivity index (χ3v) is 9.97. The summed E-state index contributed by atoms with van der Waals surface area (Å²) in [4.78, 5) is 17.1. The van der Waals surface area contributed by atoms with Gasteiger partial charge in [0.25, 0.3) is 0 Å². The van der Waals surface area contributed by atoms with Crippen molar-refractivity contribution in [2.45, 2.75) is 84.2 Å². The molecule has 7 nitrogen and oxygen atoms in total. The number of likely N-dealkylation sites (tertiary alicyclic amines) is 2. The minimum Gasteiger partial charge on any atom is -0.480 e. The normalized spacial score (nSPS) is 21.4. The Morgan fingerprint density at radius 3 is 2.39 bits per heavy atom. The molecule has 2 aromatic carbocycles. The Kier molecular flexibility index (Phi) is 10.8. The summed E-state index contributed by atoms with van der Waals surface area (Å²) in [5.41, 5.74) is 5.54. The van der Waals surface area contributed by atoms with Crippen molar-refractivity contribution in [3.05, 3.63) is 82.7 Å². The fourth-order valence-corrected chi connectivity index (χ4v) is 7.49. The highest BCUT2D eigenvalue weighted by Gasteiger charge is 2.42. The van der Waals surface area contributed by atoms with Gasteiger partial charge in [0, 0.05) is 50.1 Å². The van der Waals surface area contributed by atoms with Crippen LogP contribution in [0.1, 0.15) is 79.9 Å². The van der Waals surface area contributed by atoms with Crippen molar-refractivity contribution in [3.63, 3.8) is 0 Å². The molecule has 250 valence electrons. The zero-order valence-electron chi connectivity index (χ0n) is 27.3. The van der Waals surface area contributed by atoms with Crippen LogP contribution in [0.2, 0.25) is 0 Å². The van der Waals surface area contributed by atoms with Crippen LogP contribution < -0.4 is 4.74 Å². The number of halogens is 3. The van der Waals surface area contributed by atoms with E-state index in [1.165, 1.54) is 29.0 Å². The fraction of sp³-hybridized carbons (Fsp3) is 0.556. The van der Waals surface area contributed by atoms with Gasteiger partial charge in [-0.05, 0) is 80.9 Å². The van der Waals surface area contributed by atoms with Gasteiger partial charge in [0.2, 0.25) is 0 Å². The average Bonchev–Trinajstić information content (AvgIpc) is 3.61. The molecule has 0 spiro atoms. The molecule has 0 radical (unpaired) electrons. The summed E-state index contributed by atoms with van der Waals surface area (Å²) >= 11 is 0. The lowest BCUT2D eigenvalue weighted by molar-refractivity contribution is -0.274. The number of rotatable bonds is 12.